The summed E-state index contributed by atoms with van der Waals surface area (Å²) >= 11 is 0. The number of ketones is 1. The number of Topliss-reactive ketones (excluding diaryl/α,β-unsaturated/α-hetero) is 1. The van der Waals surface area contributed by atoms with Gasteiger partial charge in [-0.1, -0.05) is 6.92 Å². The van der Waals surface area contributed by atoms with E-state index in [9.17, 15) is 24.3 Å². The number of hydrogen-bond donors (Lipinski definition) is 3. The van der Waals surface area contributed by atoms with Crippen LogP contribution in [0.25, 0.3) is 0 Å². The maximum absolute atomic E-state index is 11.7. The highest BCUT2D eigenvalue weighted by atomic mass is 16.4. The number of aliphatic carboxylic acids is 3. The third-order valence-corrected chi connectivity index (χ3v) is 4.67. The molecule has 0 bridgehead atoms. The van der Waals surface area contributed by atoms with E-state index >= 15 is 0 Å². The summed E-state index contributed by atoms with van der Waals surface area (Å²) in [6, 6.07) is -0.864. The molecule has 0 aliphatic carbocycles. The molecule has 0 aromatic heterocycles. The number of carboxylic acids is 3. The van der Waals surface area contributed by atoms with E-state index in [0.717, 1.165) is 0 Å². The van der Waals surface area contributed by atoms with Gasteiger partial charge in [-0.2, -0.15) is 0 Å². The van der Waals surface area contributed by atoms with Crippen molar-refractivity contribution in [2.24, 2.45) is 0 Å². The molecule has 1 atom stereocenters. The van der Waals surface area contributed by atoms with E-state index in [4.69, 9.17) is 10.2 Å². The van der Waals surface area contributed by atoms with Gasteiger partial charge in [-0.25, -0.2) is 0 Å². The lowest BCUT2D eigenvalue weighted by Gasteiger charge is -2.30. The van der Waals surface area contributed by atoms with Crippen molar-refractivity contribution in [2.45, 2.75) is 32.2 Å². The number of rotatable bonds is 10. The molecule has 1 fully saturated rings. The van der Waals surface area contributed by atoms with Crippen LogP contribution in [0.1, 0.15) is 26.2 Å². The quantitative estimate of drug-likeness (QED) is 0.440. The van der Waals surface area contributed by atoms with Crippen LogP contribution in [0, 0.1) is 0 Å². The molecular weight excluding hydrogens is 358 g/mol. The molecule has 1 rings (SSSR count). The van der Waals surface area contributed by atoms with E-state index in [1.807, 2.05) is 0 Å². The fourth-order valence-electron chi connectivity index (χ4n) is 3.11. The van der Waals surface area contributed by atoms with Crippen molar-refractivity contribution in [3.8, 4) is 0 Å². The molecule has 0 radical (unpaired) electrons. The number of carbonyl (C=O) groups excluding carboxylic acids is 1. The van der Waals surface area contributed by atoms with Gasteiger partial charge in [0.2, 0.25) is 0 Å². The summed E-state index contributed by atoms with van der Waals surface area (Å²) in [6.45, 7) is 3.51. The molecule has 0 aromatic rings. The minimum absolute atomic E-state index is 0.00877. The lowest BCUT2D eigenvalue weighted by molar-refractivity contribution is -0.144. The second-order valence-corrected chi connectivity index (χ2v) is 6.66. The Bertz CT molecular complexity index is 513. The number of carboxylic acid groups (broad SMARTS) is 3. The second-order valence-electron chi connectivity index (χ2n) is 6.66. The highest BCUT2D eigenvalue weighted by Crippen LogP contribution is 2.11. The molecule has 0 saturated carbocycles. The Balaban J connectivity index is 2.90. The number of hydrogen-bond acceptors (Lipinski definition) is 7. The summed E-state index contributed by atoms with van der Waals surface area (Å²) in [5.74, 6) is -3.03. The number of carbonyl (C=O) groups is 4. The maximum atomic E-state index is 11.7. The SMILES string of the molecule is CCC(=O)CCC(C(=O)O)N1CCN(CC(=O)O)CCN(CC(=O)O)CC1. The lowest BCUT2D eigenvalue weighted by atomic mass is 10.1. The summed E-state index contributed by atoms with van der Waals surface area (Å²) in [6.07, 6.45) is 0.701. The molecule has 10 nitrogen and oxygen atoms in total. The van der Waals surface area contributed by atoms with Gasteiger partial charge in [-0.05, 0) is 6.42 Å². The van der Waals surface area contributed by atoms with Gasteiger partial charge in [0.15, 0.2) is 0 Å². The first-order valence-electron chi connectivity index (χ1n) is 9.09. The van der Waals surface area contributed by atoms with Crippen molar-refractivity contribution < 1.29 is 34.5 Å². The van der Waals surface area contributed by atoms with Crippen LogP contribution in [0.3, 0.4) is 0 Å². The molecule has 1 aliphatic heterocycles. The Labute approximate surface area is 158 Å². The lowest BCUT2D eigenvalue weighted by Crippen LogP contribution is -2.47. The first kappa shape index (κ1) is 23.0. The predicted molar refractivity (Wildman–Crippen MR) is 95.7 cm³/mol. The van der Waals surface area contributed by atoms with Crippen LogP contribution >= 0.6 is 0 Å². The van der Waals surface area contributed by atoms with Crippen LogP contribution < -0.4 is 0 Å². The zero-order chi connectivity index (χ0) is 20.4. The van der Waals surface area contributed by atoms with Crippen LogP contribution in [0.15, 0.2) is 0 Å². The molecule has 1 unspecified atom stereocenters. The van der Waals surface area contributed by atoms with Gasteiger partial charge >= 0.3 is 17.9 Å². The summed E-state index contributed by atoms with van der Waals surface area (Å²) in [4.78, 5) is 50.5. The molecule has 3 N–H and O–H groups in total. The van der Waals surface area contributed by atoms with Gasteiger partial charge in [0.1, 0.15) is 11.8 Å². The van der Waals surface area contributed by atoms with Crippen molar-refractivity contribution >= 4 is 23.7 Å². The molecule has 27 heavy (non-hydrogen) atoms. The zero-order valence-electron chi connectivity index (χ0n) is 15.7. The molecule has 0 spiro atoms. The molecule has 10 heteroatoms. The Kier molecular flexibility index (Phi) is 9.90. The van der Waals surface area contributed by atoms with E-state index in [1.54, 1.807) is 21.6 Å². The topological polar surface area (TPSA) is 139 Å². The summed E-state index contributed by atoms with van der Waals surface area (Å²) in [7, 11) is 0. The second kappa shape index (κ2) is 11.6. The van der Waals surface area contributed by atoms with Crippen LogP contribution in [0.2, 0.25) is 0 Å². The van der Waals surface area contributed by atoms with Crippen molar-refractivity contribution in [2.75, 3.05) is 52.4 Å². The van der Waals surface area contributed by atoms with Gasteiger partial charge in [0, 0.05) is 52.1 Å². The van der Waals surface area contributed by atoms with E-state index in [1.165, 1.54) is 0 Å². The van der Waals surface area contributed by atoms with Crippen LogP contribution in [0.4, 0.5) is 0 Å². The van der Waals surface area contributed by atoms with Gasteiger partial charge in [-0.15, -0.1) is 0 Å². The van der Waals surface area contributed by atoms with Crippen LogP contribution in [0.5, 0.6) is 0 Å². The summed E-state index contributed by atoms with van der Waals surface area (Å²) in [5.41, 5.74) is 0. The third kappa shape index (κ3) is 8.94. The molecule has 0 aromatic carbocycles. The smallest absolute Gasteiger partial charge is 0.320 e. The van der Waals surface area contributed by atoms with Gasteiger partial charge < -0.3 is 15.3 Å². The predicted octanol–water partition coefficient (Wildman–Crippen LogP) is -0.712. The first-order valence-corrected chi connectivity index (χ1v) is 9.09. The Hall–Kier alpha value is -2.04. The Morgan fingerprint density at radius 2 is 1.26 bits per heavy atom. The minimum Gasteiger partial charge on any atom is -0.480 e. The largest absolute Gasteiger partial charge is 0.480 e. The molecule has 0 amide bonds. The average Bonchev–Trinajstić information content (AvgIpc) is 2.66. The fraction of sp³-hybridized carbons (Fsp3) is 0.765. The molecule has 154 valence electrons. The van der Waals surface area contributed by atoms with Crippen molar-refractivity contribution in [1.82, 2.24) is 14.7 Å². The van der Waals surface area contributed by atoms with E-state index in [-0.39, 0.29) is 31.7 Å². The summed E-state index contributed by atoms with van der Waals surface area (Å²) in [5, 5.41) is 27.7. The number of nitrogens with zero attached hydrogens (tertiary/aromatic N) is 3. The molecule has 1 aliphatic rings. The maximum Gasteiger partial charge on any atom is 0.320 e. The van der Waals surface area contributed by atoms with Crippen molar-refractivity contribution in [3.63, 3.8) is 0 Å². The normalized spacial score (nSPS) is 18.9. The van der Waals surface area contributed by atoms with E-state index < -0.39 is 23.9 Å². The first-order chi connectivity index (χ1) is 12.7. The van der Waals surface area contributed by atoms with Crippen molar-refractivity contribution in [3.05, 3.63) is 0 Å². The average molecular weight is 387 g/mol. The highest BCUT2D eigenvalue weighted by molar-refractivity contribution is 5.79. The monoisotopic (exact) mass is 387 g/mol. The van der Waals surface area contributed by atoms with Gasteiger partial charge in [-0.3, -0.25) is 33.9 Å². The Morgan fingerprint density at radius 1 is 0.815 bits per heavy atom. The van der Waals surface area contributed by atoms with E-state index in [2.05, 4.69) is 0 Å². The molecular formula is C17H29N3O7. The molecule has 1 heterocycles. The molecule has 1 saturated heterocycles. The highest BCUT2D eigenvalue weighted by Gasteiger charge is 2.28. The van der Waals surface area contributed by atoms with Crippen molar-refractivity contribution in [1.29, 1.82) is 0 Å². The summed E-state index contributed by atoms with van der Waals surface area (Å²) < 4.78 is 0. The standard InChI is InChI=1S/C17H29N3O7/c1-2-13(21)3-4-14(17(26)27)20-9-7-18(11-15(22)23)5-6-19(8-10-20)12-16(24)25/h14H,2-12H2,1H3,(H,22,23)(H,24,25)(H,26,27). The fourth-order valence-corrected chi connectivity index (χ4v) is 3.11. The van der Waals surface area contributed by atoms with Gasteiger partial charge in [0.05, 0.1) is 13.1 Å². The Morgan fingerprint density at radius 3 is 1.63 bits per heavy atom. The van der Waals surface area contributed by atoms with Crippen LogP contribution in [-0.4, -0.2) is 112 Å². The minimum atomic E-state index is -1.03. The van der Waals surface area contributed by atoms with Crippen LogP contribution in [-0.2, 0) is 19.2 Å². The zero-order valence-corrected chi connectivity index (χ0v) is 15.7. The van der Waals surface area contributed by atoms with Gasteiger partial charge in [0.25, 0.3) is 0 Å². The van der Waals surface area contributed by atoms with E-state index in [0.29, 0.717) is 45.7 Å². The third-order valence-electron chi connectivity index (χ3n) is 4.67.